The first-order valence-corrected chi connectivity index (χ1v) is 13.0. The average Bonchev–Trinajstić information content (AvgIpc) is 3.51. The lowest BCUT2D eigenvalue weighted by Gasteiger charge is -2.42. The molecule has 34 heavy (non-hydrogen) atoms. The molecule has 4 nitrogen and oxygen atoms in total. The Bertz CT molecular complexity index is 994. The number of likely N-dealkylation sites (tertiary alicyclic amines) is 1. The number of benzene rings is 1. The van der Waals surface area contributed by atoms with E-state index in [4.69, 9.17) is 4.42 Å². The Kier molecular flexibility index (Phi) is 7.68. The van der Waals surface area contributed by atoms with Crippen LogP contribution in [0.4, 0.5) is 0 Å². The number of allylic oxidation sites excluding steroid dienone is 2. The molecule has 2 fully saturated rings. The normalized spacial score (nSPS) is 17.5. The summed E-state index contributed by atoms with van der Waals surface area (Å²) in [5.41, 5.74) is 8.62. The highest BCUT2D eigenvalue weighted by atomic mass is 16.3. The van der Waals surface area contributed by atoms with E-state index in [1.54, 1.807) is 11.9 Å². The third-order valence-corrected chi connectivity index (χ3v) is 7.08. The summed E-state index contributed by atoms with van der Waals surface area (Å²) in [6.07, 6.45) is 14.1. The molecule has 2 heterocycles. The molecule has 0 amide bonds. The van der Waals surface area contributed by atoms with Crippen molar-refractivity contribution in [2.75, 3.05) is 13.1 Å². The molecule has 0 atom stereocenters. The van der Waals surface area contributed by atoms with Crippen LogP contribution in [0.5, 0.6) is 0 Å². The highest BCUT2D eigenvalue weighted by Crippen LogP contribution is 2.39. The molecule has 1 saturated carbocycles. The molecule has 1 aromatic carbocycles. The van der Waals surface area contributed by atoms with Crippen molar-refractivity contribution in [1.29, 1.82) is 0 Å². The number of oxazole rings is 1. The van der Waals surface area contributed by atoms with Gasteiger partial charge in [-0.15, -0.1) is 5.73 Å². The average molecular weight is 460 g/mol. The molecule has 0 bridgehead atoms. The maximum atomic E-state index is 5.45. The molecule has 1 aliphatic heterocycles. The van der Waals surface area contributed by atoms with Crippen LogP contribution in [0.25, 0.3) is 17.0 Å². The number of aromatic nitrogens is 1. The number of hydrogen-bond acceptors (Lipinski definition) is 4. The standard InChI is InChI=1S/C30H41N3O/c1-6-8-25(15-18-30(3,4)5)32-19-16-27(17-20-32)33(26-13-14-26)28(7-2)23-9-11-24(12-10-23)29-21-31-22-34-29/h8-12,21-22,26-27H,2,6,13-20H2,1,3-5H3/b25-8+. The number of hydrogen-bond donors (Lipinski definition) is 0. The first-order valence-electron chi connectivity index (χ1n) is 13.0. The Morgan fingerprint density at radius 2 is 1.82 bits per heavy atom. The van der Waals surface area contributed by atoms with Crippen LogP contribution < -0.4 is 0 Å². The summed E-state index contributed by atoms with van der Waals surface area (Å²) in [5.74, 6) is 0.796. The lowest BCUT2D eigenvalue weighted by molar-refractivity contribution is 0.163. The summed E-state index contributed by atoms with van der Waals surface area (Å²) in [5, 5.41) is 0. The first kappa shape index (κ1) is 24.4. The third-order valence-electron chi connectivity index (χ3n) is 7.08. The van der Waals surface area contributed by atoms with Gasteiger partial charge in [-0.05, 0) is 50.4 Å². The van der Waals surface area contributed by atoms with Crippen molar-refractivity contribution >= 4 is 5.70 Å². The van der Waals surface area contributed by atoms with E-state index >= 15 is 0 Å². The predicted molar refractivity (Wildman–Crippen MR) is 141 cm³/mol. The molecule has 4 heteroatoms. The van der Waals surface area contributed by atoms with Crippen molar-refractivity contribution in [2.24, 2.45) is 5.41 Å². The van der Waals surface area contributed by atoms with Crippen molar-refractivity contribution in [3.63, 3.8) is 0 Å². The van der Waals surface area contributed by atoms with Gasteiger partial charge in [0.1, 0.15) is 0 Å². The summed E-state index contributed by atoms with van der Waals surface area (Å²) in [6, 6.07) is 9.74. The maximum absolute atomic E-state index is 5.45. The van der Waals surface area contributed by atoms with Crippen LogP contribution in [-0.2, 0) is 0 Å². The fraction of sp³-hybridized carbons (Fsp3) is 0.533. The minimum atomic E-state index is 0.376. The van der Waals surface area contributed by atoms with E-state index in [-0.39, 0.29) is 0 Å². The third kappa shape index (κ3) is 6.04. The van der Waals surface area contributed by atoms with Gasteiger partial charge in [0.05, 0.1) is 11.9 Å². The number of rotatable bonds is 9. The quantitative estimate of drug-likeness (QED) is 0.363. The maximum Gasteiger partial charge on any atom is 0.181 e. The van der Waals surface area contributed by atoms with E-state index in [1.807, 2.05) is 0 Å². The van der Waals surface area contributed by atoms with Gasteiger partial charge in [0.25, 0.3) is 0 Å². The van der Waals surface area contributed by atoms with E-state index in [2.05, 4.69) is 85.1 Å². The van der Waals surface area contributed by atoms with E-state index in [0.29, 0.717) is 17.5 Å². The van der Waals surface area contributed by atoms with E-state index in [1.165, 1.54) is 50.5 Å². The zero-order valence-corrected chi connectivity index (χ0v) is 21.5. The second kappa shape index (κ2) is 10.7. The van der Waals surface area contributed by atoms with Gasteiger partial charge in [0.2, 0.25) is 0 Å². The Balaban J connectivity index is 1.45. The monoisotopic (exact) mass is 459 g/mol. The highest BCUT2D eigenvalue weighted by Gasteiger charge is 2.37. The molecule has 0 unspecified atom stereocenters. The zero-order valence-electron chi connectivity index (χ0n) is 21.5. The van der Waals surface area contributed by atoms with E-state index in [0.717, 1.165) is 36.5 Å². The van der Waals surface area contributed by atoms with Gasteiger partial charge in [-0.1, -0.05) is 64.6 Å². The molecule has 2 aromatic rings. The van der Waals surface area contributed by atoms with Gasteiger partial charge in [-0.2, -0.15) is 0 Å². The SMILES string of the molecule is C=C=C(c1ccc(-c2cnco2)cc1)N(C1CC1)C1CCN(/C(=C/CC)CCC(C)(C)C)CC1. The van der Waals surface area contributed by atoms with Gasteiger partial charge in [-0.3, -0.25) is 0 Å². The Hall–Kier alpha value is -2.71. The minimum Gasteiger partial charge on any atom is -0.444 e. The largest absolute Gasteiger partial charge is 0.444 e. The Morgan fingerprint density at radius 3 is 2.35 bits per heavy atom. The van der Waals surface area contributed by atoms with Crippen LogP contribution >= 0.6 is 0 Å². The Morgan fingerprint density at radius 1 is 1.15 bits per heavy atom. The van der Waals surface area contributed by atoms with Gasteiger partial charge in [0.15, 0.2) is 12.2 Å². The molecule has 1 aliphatic carbocycles. The number of nitrogens with zero attached hydrogens (tertiary/aromatic N) is 3. The van der Waals surface area contributed by atoms with Crippen molar-refractivity contribution in [1.82, 2.24) is 14.8 Å². The fourth-order valence-electron chi connectivity index (χ4n) is 5.07. The molecule has 1 saturated heterocycles. The smallest absolute Gasteiger partial charge is 0.181 e. The molecule has 0 N–H and O–H groups in total. The van der Waals surface area contributed by atoms with Gasteiger partial charge >= 0.3 is 0 Å². The van der Waals surface area contributed by atoms with E-state index < -0.39 is 0 Å². The predicted octanol–water partition coefficient (Wildman–Crippen LogP) is 7.52. The van der Waals surface area contributed by atoms with Crippen LogP contribution in [0.15, 0.2) is 65.4 Å². The first-order chi connectivity index (χ1) is 16.4. The molecule has 4 rings (SSSR count). The molecule has 0 radical (unpaired) electrons. The lowest BCUT2D eigenvalue weighted by atomic mass is 9.89. The summed E-state index contributed by atoms with van der Waals surface area (Å²) < 4.78 is 5.45. The van der Waals surface area contributed by atoms with Crippen molar-refractivity contribution in [3.05, 3.63) is 66.5 Å². The topological polar surface area (TPSA) is 32.5 Å². The second-order valence-electron chi connectivity index (χ2n) is 11.0. The van der Waals surface area contributed by atoms with Crippen molar-refractivity contribution < 1.29 is 4.42 Å². The van der Waals surface area contributed by atoms with Crippen LogP contribution in [0.2, 0.25) is 0 Å². The van der Waals surface area contributed by atoms with Crippen LogP contribution in [0, 0.1) is 5.41 Å². The summed E-state index contributed by atoms with van der Waals surface area (Å²) in [4.78, 5) is 9.33. The van der Waals surface area contributed by atoms with Gasteiger partial charge in [0, 0.05) is 42.0 Å². The highest BCUT2D eigenvalue weighted by molar-refractivity contribution is 5.67. The Labute approximate surface area is 206 Å². The zero-order chi connectivity index (χ0) is 24.1. The molecule has 0 spiro atoms. The molecular weight excluding hydrogens is 418 g/mol. The van der Waals surface area contributed by atoms with E-state index in [9.17, 15) is 0 Å². The lowest BCUT2D eigenvalue weighted by Crippen LogP contribution is -2.44. The minimum absolute atomic E-state index is 0.376. The summed E-state index contributed by atoms with van der Waals surface area (Å²) in [7, 11) is 0. The number of piperidine rings is 1. The van der Waals surface area contributed by atoms with Gasteiger partial charge in [-0.25, -0.2) is 4.98 Å². The van der Waals surface area contributed by atoms with Gasteiger partial charge < -0.3 is 14.2 Å². The van der Waals surface area contributed by atoms with Crippen molar-refractivity contribution in [2.45, 2.75) is 84.7 Å². The second-order valence-corrected chi connectivity index (χ2v) is 11.0. The molecule has 182 valence electrons. The molecule has 2 aliphatic rings. The fourth-order valence-corrected chi connectivity index (χ4v) is 5.07. The van der Waals surface area contributed by atoms with Crippen LogP contribution in [0.1, 0.15) is 78.2 Å². The summed E-state index contributed by atoms with van der Waals surface area (Å²) in [6.45, 7) is 15.7. The van der Waals surface area contributed by atoms with Crippen LogP contribution in [-0.4, -0.2) is 40.0 Å². The van der Waals surface area contributed by atoms with Crippen LogP contribution in [0.3, 0.4) is 0 Å². The van der Waals surface area contributed by atoms with Crippen molar-refractivity contribution in [3.8, 4) is 11.3 Å². The molecular formula is C30H41N3O. The summed E-state index contributed by atoms with van der Waals surface area (Å²) >= 11 is 0. The molecule has 1 aromatic heterocycles.